The Morgan fingerprint density at radius 1 is 1.83 bits per heavy atom. The van der Waals surface area contributed by atoms with E-state index >= 15 is 0 Å². The molecule has 1 atom stereocenters. The molecule has 1 heterocycles. The summed E-state index contributed by atoms with van der Waals surface area (Å²) in [5.74, 6) is 1.23. The monoisotopic (exact) mass is 168 g/mol. The molecule has 1 aliphatic rings. The Kier molecular flexibility index (Phi) is 2.70. The van der Waals surface area contributed by atoms with Crippen molar-refractivity contribution in [1.29, 1.82) is 0 Å². The lowest BCUT2D eigenvalue weighted by Gasteiger charge is -2.06. The van der Waals surface area contributed by atoms with Gasteiger partial charge in [-0.2, -0.15) is 0 Å². The summed E-state index contributed by atoms with van der Waals surface area (Å²) >= 11 is 0. The van der Waals surface area contributed by atoms with Gasteiger partial charge in [-0.1, -0.05) is 5.92 Å². The van der Waals surface area contributed by atoms with Crippen molar-refractivity contribution < 1.29 is 19.1 Å². The summed E-state index contributed by atoms with van der Waals surface area (Å²) in [6, 6.07) is 0. The van der Waals surface area contributed by atoms with Crippen molar-refractivity contribution >= 4 is 11.9 Å². The van der Waals surface area contributed by atoms with Gasteiger partial charge in [-0.3, -0.25) is 4.79 Å². The van der Waals surface area contributed by atoms with Crippen molar-refractivity contribution in [3.63, 3.8) is 0 Å². The number of hydrogen-bond donors (Lipinski definition) is 0. The highest BCUT2D eigenvalue weighted by atomic mass is 16.6. The number of carbonyl (C=O) groups is 2. The molecule has 12 heavy (non-hydrogen) atoms. The van der Waals surface area contributed by atoms with E-state index in [2.05, 4.69) is 15.4 Å². The smallest absolute Gasteiger partial charge is 0.348 e. The lowest BCUT2D eigenvalue weighted by Crippen LogP contribution is -2.22. The fraction of sp³-hybridized carbons (Fsp3) is 0.500. The minimum atomic E-state index is -0.745. The van der Waals surface area contributed by atoms with E-state index in [-0.39, 0.29) is 19.0 Å². The summed E-state index contributed by atoms with van der Waals surface area (Å²) in [5.41, 5.74) is 0. The number of hydrogen-bond acceptors (Lipinski definition) is 4. The van der Waals surface area contributed by atoms with Crippen molar-refractivity contribution in [1.82, 2.24) is 0 Å². The van der Waals surface area contributed by atoms with Crippen LogP contribution in [-0.4, -0.2) is 24.6 Å². The van der Waals surface area contributed by atoms with Crippen molar-refractivity contribution in [2.45, 2.75) is 18.9 Å². The number of rotatable bonds is 2. The van der Waals surface area contributed by atoms with E-state index in [0.29, 0.717) is 6.42 Å². The van der Waals surface area contributed by atoms with Gasteiger partial charge >= 0.3 is 11.9 Å². The van der Waals surface area contributed by atoms with Gasteiger partial charge in [-0.15, -0.1) is 6.42 Å². The van der Waals surface area contributed by atoms with Gasteiger partial charge in [0, 0.05) is 12.8 Å². The highest BCUT2D eigenvalue weighted by Gasteiger charge is 2.30. The topological polar surface area (TPSA) is 52.6 Å². The van der Waals surface area contributed by atoms with Gasteiger partial charge in [0.05, 0.1) is 0 Å². The molecule has 0 saturated carbocycles. The molecule has 0 amide bonds. The zero-order valence-corrected chi connectivity index (χ0v) is 6.41. The first kappa shape index (κ1) is 8.60. The van der Waals surface area contributed by atoms with E-state index in [1.165, 1.54) is 0 Å². The fourth-order valence-electron chi connectivity index (χ4n) is 0.897. The van der Waals surface area contributed by atoms with Gasteiger partial charge in [-0.05, 0) is 0 Å². The molecule has 4 nitrogen and oxygen atoms in total. The summed E-state index contributed by atoms with van der Waals surface area (Å²) in [4.78, 5) is 21.5. The molecule has 4 heteroatoms. The first-order chi connectivity index (χ1) is 5.74. The van der Waals surface area contributed by atoms with Crippen LogP contribution in [0.25, 0.3) is 0 Å². The number of carbonyl (C=O) groups excluding carboxylic acids is 2. The van der Waals surface area contributed by atoms with Crippen molar-refractivity contribution in [3.8, 4) is 12.3 Å². The standard InChI is InChI=1S/C8H8O4/c1-2-5-11-8(10)6-3-4-7(9)12-6/h1,6H,3-5H2. The van der Waals surface area contributed by atoms with E-state index < -0.39 is 12.1 Å². The zero-order valence-electron chi connectivity index (χ0n) is 6.41. The predicted octanol–water partition coefficient (Wildman–Crippen LogP) is -0.132. The third kappa shape index (κ3) is 1.99. The molecular formula is C8H8O4. The van der Waals surface area contributed by atoms with Gasteiger partial charge < -0.3 is 9.47 Å². The van der Waals surface area contributed by atoms with E-state index in [9.17, 15) is 9.59 Å². The average molecular weight is 168 g/mol. The van der Waals surface area contributed by atoms with Crippen LogP contribution in [0.2, 0.25) is 0 Å². The molecule has 0 spiro atoms. The highest BCUT2D eigenvalue weighted by molar-refractivity contribution is 5.82. The summed E-state index contributed by atoms with van der Waals surface area (Å²) in [6.07, 6.45) is 4.79. The molecule has 0 radical (unpaired) electrons. The fourth-order valence-corrected chi connectivity index (χ4v) is 0.897. The second-order valence-electron chi connectivity index (χ2n) is 2.33. The van der Waals surface area contributed by atoms with Crippen LogP contribution in [0.15, 0.2) is 0 Å². The summed E-state index contributed by atoms with van der Waals surface area (Å²) in [6.45, 7) is -0.0765. The average Bonchev–Trinajstić information content (AvgIpc) is 2.47. The van der Waals surface area contributed by atoms with Crippen LogP contribution >= 0.6 is 0 Å². The number of cyclic esters (lactones) is 1. The lowest BCUT2D eigenvalue weighted by molar-refractivity contribution is -0.160. The Morgan fingerprint density at radius 2 is 2.58 bits per heavy atom. The molecule has 64 valence electrons. The Balaban J connectivity index is 2.34. The third-order valence-corrected chi connectivity index (χ3v) is 1.45. The molecule has 1 unspecified atom stereocenters. The van der Waals surface area contributed by atoms with Crippen molar-refractivity contribution in [2.75, 3.05) is 6.61 Å². The Hall–Kier alpha value is -1.50. The maximum atomic E-state index is 11.0. The normalized spacial score (nSPS) is 21.2. The molecular weight excluding hydrogens is 160 g/mol. The van der Waals surface area contributed by atoms with E-state index in [1.807, 2.05) is 0 Å². The van der Waals surface area contributed by atoms with Gasteiger partial charge in [0.15, 0.2) is 12.7 Å². The molecule has 1 saturated heterocycles. The molecule has 0 bridgehead atoms. The van der Waals surface area contributed by atoms with Crippen LogP contribution in [-0.2, 0) is 19.1 Å². The Bertz CT molecular complexity index is 238. The van der Waals surface area contributed by atoms with Crippen molar-refractivity contribution in [3.05, 3.63) is 0 Å². The van der Waals surface area contributed by atoms with Crippen LogP contribution in [0.1, 0.15) is 12.8 Å². The largest absolute Gasteiger partial charge is 0.450 e. The van der Waals surface area contributed by atoms with Crippen LogP contribution in [0.4, 0.5) is 0 Å². The van der Waals surface area contributed by atoms with Gasteiger partial charge in [-0.25, -0.2) is 4.79 Å². The molecule has 0 aromatic carbocycles. The Morgan fingerprint density at radius 3 is 3.08 bits per heavy atom. The van der Waals surface area contributed by atoms with Crippen LogP contribution < -0.4 is 0 Å². The van der Waals surface area contributed by atoms with Crippen LogP contribution in [0.5, 0.6) is 0 Å². The number of terminal acetylenes is 1. The SMILES string of the molecule is C#CCOC(=O)C1CCC(=O)O1. The van der Waals surface area contributed by atoms with Gasteiger partial charge in [0.2, 0.25) is 0 Å². The molecule has 1 aliphatic heterocycles. The van der Waals surface area contributed by atoms with Gasteiger partial charge in [0.1, 0.15) is 0 Å². The molecule has 0 N–H and O–H groups in total. The summed E-state index contributed by atoms with van der Waals surface area (Å²) < 4.78 is 9.21. The summed E-state index contributed by atoms with van der Waals surface area (Å²) in [7, 11) is 0. The minimum absolute atomic E-state index is 0.0765. The minimum Gasteiger partial charge on any atom is -0.450 e. The zero-order chi connectivity index (χ0) is 8.97. The maximum absolute atomic E-state index is 11.0. The molecule has 1 rings (SSSR count). The first-order valence-corrected chi connectivity index (χ1v) is 3.53. The maximum Gasteiger partial charge on any atom is 0.348 e. The third-order valence-electron chi connectivity index (χ3n) is 1.45. The summed E-state index contributed by atoms with van der Waals surface area (Å²) in [5, 5.41) is 0. The number of esters is 2. The Labute approximate surface area is 69.8 Å². The van der Waals surface area contributed by atoms with E-state index in [1.54, 1.807) is 0 Å². The highest BCUT2D eigenvalue weighted by Crippen LogP contribution is 2.14. The molecule has 0 aromatic rings. The first-order valence-electron chi connectivity index (χ1n) is 3.53. The lowest BCUT2D eigenvalue weighted by atomic mass is 10.2. The van der Waals surface area contributed by atoms with Crippen LogP contribution in [0, 0.1) is 12.3 Å². The van der Waals surface area contributed by atoms with Gasteiger partial charge in [0.25, 0.3) is 0 Å². The van der Waals surface area contributed by atoms with Crippen molar-refractivity contribution in [2.24, 2.45) is 0 Å². The second-order valence-corrected chi connectivity index (χ2v) is 2.33. The molecule has 1 fully saturated rings. The predicted molar refractivity (Wildman–Crippen MR) is 38.9 cm³/mol. The van der Waals surface area contributed by atoms with E-state index in [4.69, 9.17) is 6.42 Å². The molecule has 0 aromatic heterocycles. The quantitative estimate of drug-likeness (QED) is 0.425. The number of ether oxygens (including phenoxy) is 2. The second kappa shape index (κ2) is 3.77. The van der Waals surface area contributed by atoms with Crippen LogP contribution in [0.3, 0.4) is 0 Å². The van der Waals surface area contributed by atoms with E-state index in [0.717, 1.165) is 0 Å². The molecule has 0 aliphatic carbocycles.